The van der Waals surface area contributed by atoms with Gasteiger partial charge in [-0.05, 0) is 50.2 Å². The van der Waals surface area contributed by atoms with Crippen LogP contribution in [0.4, 0.5) is 5.69 Å². The number of nitrogens with zero attached hydrogens (tertiary/aromatic N) is 4. The summed E-state index contributed by atoms with van der Waals surface area (Å²) in [6, 6.07) is 15.8. The Bertz CT molecular complexity index is 1250. The number of nitrogens with one attached hydrogen (secondary N) is 1. The van der Waals surface area contributed by atoms with Crippen LogP contribution < -0.4 is 19.5 Å². The van der Waals surface area contributed by atoms with Crippen LogP contribution in [-0.2, 0) is 4.79 Å². The summed E-state index contributed by atoms with van der Waals surface area (Å²) in [6.45, 7) is 3.77. The molecule has 0 unspecified atom stereocenters. The summed E-state index contributed by atoms with van der Waals surface area (Å²) in [6.07, 6.45) is 3.15. The number of hydrogen-bond donors (Lipinski definition) is 1. The van der Waals surface area contributed by atoms with E-state index in [9.17, 15) is 4.79 Å². The Morgan fingerprint density at radius 2 is 1.76 bits per heavy atom. The predicted molar refractivity (Wildman–Crippen MR) is 122 cm³/mol. The maximum Gasteiger partial charge on any atom is 0.262 e. The molecular weight excluding hydrogens is 422 g/mol. The number of amides is 1. The molecule has 0 aliphatic rings. The molecule has 0 atom stereocenters. The molecule has 0 saturated heterocycles. The van der Waals surface area contributed by atoms with Crippen molar-refractivity contribution in [1.29, 1.82) is 0 Å². The van der Waals surface area contributed by atoms with Crippen molar-refractivity contribution in [3.8, 4) is 28.9 Å². The molecule has 4 rings (SSSR count). The molecule has 0 bridgehead atoms. The number of benzene rings is 2. The number of carbonyl (C=O) groups excluding carboxylic acids is 1. The van der Waals surface area contributed by atoms with Gasteiger partial charge in [0.2, 0.25) is 5.88 Å². The van der Waals surface area contributed by atoms with E-state index in [4.69, 9.17) is 14.2 Å². The number of imidazole rings is 1. The Morgan fingerprint density at radius 3 is 2.45 bits per heavy atom. The average Bonchev–Trinajstić information content (AvgIpc) is 3.17. The molecule has 1 N–H and O–H groups in total. The van der Waals surface area contributed by atoms with Gasteiger partial charge in [-0.3, -0.25) is 9.36 Å². The first kappa shape index (κ1) is 21.8. The average molecular weight is 445 g/mol. The van der Waals surface area contributed by atoms with Gasteiger partial charge in [-0.15, -0.1) is 0 Å². The molecule has 1 amide bonds. The second-order valence-corrected chi connectivity index (χ2v) is 7.11. The van der Waals surface area contributed by atoms with Crippen molar-refractivity contribution in [1.82, 2.24) is 19.5 Å². The number of anilines is 1. The van der Waals surface area contributed by atoms with Gasteiger partial charge in [-0.1, -0.05) is 12.1 Å². The number of hydrogen-bond acceptors (Lipinski definition) is 7. The Balaban J connectivity index is 1.35. The third-order valence-corrected chi connectivity index (χ3v) is 4.91. The number of carbonyl (C=O) groups is 1. The van der Waals surface area contributed by atoms with Gasteiger partial charge >= 0.3 is 0 Å². The molecule has 0 aliphatic heterocycles. The molecule has 0 radical (unpaired) electrons. The molecule has 2 aromatic heterocycles. The van der Waals surface area contributed by atoms with Gasteiger partial charge in [0.25, 0.3) is 5.91 Å². The first-order valence-corrected chi connectivity index (χ1v) is 10.2. The van der Waals surface area contributed by atoms with Crippen molar-refractivity contribution < 1.29 is 19.0 Å². The van der Waals surface area contributed by atoms with Crippen molar-refractivity contribution in [3.05, 3.63) is 78.6 Å². The van der Waals surface area contributed by atoms with Crippen LogP contribution in [0.25, 0.3) is 5.82 Å². The molecule has 0 spiro atoms. The van der Waals surface area contributed by atoms with E-state index in [1.165, 1.54) is 6.33 Å². The predicted octanol–water partition coefficient (Wildman–Crippen LogP) is 4.10. The second kappa shape index (κ2) is 9.82. The van der Waals surface area contributed by atoms with Crippen molar-refractivity contribution >= 4 is 11.6 Å². The molecule has 9 nitrogen and oxygen atoms in total. The number of ether oxygens (including phenoxy) is 3. The zero-order valence-corrected chi connectivity index (χ0v) is 18.5. The topological polar surface area (TPSA) is 100 Å². The summed E-state index contributed by atoms with van der Waals surface area (Å²) < 4.78 is 18.5. The van der Waals surface area contributed by atoms with Crippen LogP contribution in [0.15, 0.2) is 67.3 Å². The summed E-state index contributed by atoms with van der Waals surface area (Å²) in [7, 11) is 1.55. The first-order chi connectivity index (χ1) is 16.0. The maximum absolute atomic E-state index is 12.2. The normalized spacial score (nSPS) is 10.5. The summed E-state index contributed by atoms with van der Waals surface area (Å²) in [5.41, 5.74) is 2.54. The van der Waals surface area contributed by atoms with Gasteiger partial charge in [-0.2, -0.15) is 0 Å². The van der Waals surface area contributed by atoms with Crippen LogP contribution >= 0.6 is 0 Å². The molecular formula is C24H23N5O4. The lowest BCUT2D eigenvalue weighted by Crippen LogP contribution is -2.20. The Morgan fingerprint density at radius 1 is 1.00 bits per heavy atom. The van der Waals surface area contributed by atoms with Crippen LogP contribution in [0.3, 0.4) is 0 Å². The number of rotatable bonds is 8. The summed E-state index contributed by atoms with van der Waals surface area (Å²) in [4.78, 5) is 25.0. The van der Waals surface area contributed by atoms with E-state index in [-0.39, 0.29) is 12.5 Å². The van der Waals surface area contributed by atoms with Gasteiger partial charge in [0.05, 0.1) is 12.8 Å². The third-order valence-electron chi connectivity index (χ3n) is 4.91. The SMILES string of the molecule is COc1ccccc1OCC(=O)Nc1ccc(Oc2cc(-n3cnc(C)c3C)ncn2)cc1. The van der Waals surface area contributed by atoms with Crippen LogP contribution in [0, 0.1) is 13.8 Å². The molecule has 0 fully saturated rings. The van der Waals surface area contributed by atoms with E-state index in [1.807, 2.05) is 30.5 Å². The smallest absolute Gasteiger partial charge is 0.262 e. The van der Waals surface area contributed by atoms with Crippen molar-refractivity contribution in [3.63, 3.8) is 0 Å². The fourth-order valence-electron chi connectivity index (χ4n) is 3.05. The number of methoxy groups -OCH3 is 1. The van der Waals surface area contributed by atoms with Crippen LogP contribution in [0.2, 0.25) is 0 Å². The van der Waals surface area contributed by atoms with Gasteiger partial charge in [0.15, 0.2) is 18.1 Å². The van der Waals surface area contributed by atoms with E-state index in [2.05, 4.69) is 20.3 Å². The highest BCUT2D eigenvalue weighted by atomic mass is 16.5. The van der Waals surface area contributed by atoms with E-state index >= 15 is 0 Å². The van der Waals surface area contributed by atoms with Gasteiger partial charge < -0.3 is 19.5 Å². The molecule has 168 valence electrons. The minimum absolute atomic E-state index is 0.143. The highest BCUT2D eigenvalue weighted by Gasteiger charge is 2.10. The van der Waals surface area contributed by atoms with E-state index in [0.717, 1.165) is 11.4 Å². The third kappa shape index (κ3) is 5.27. The molecule has 2 aromatic carbocycles. The van der Waals surface area contributed by atoms with Crippen LogP contribution in [0.1, 0.15) is 11.4 Å². The zero-order valence-electron chi connectivity index (χ0n) is 18.5. The largest absolute Gasteiger partial charge is 0.493 e. The Kier molecular flexibility index (Phi) is 6.49. The molecule has 9 heteroatoms. The highest BCUT2D eigenvalue weighted by Crippen LogP contribution is 2.26. The highest BCUT2D eigenvalue weighted by molar-refractivity contribution is 5.91. The number of aryl methyl sites for hydroxylation is 1. The second-order valence-electron chi connectivity index (χ2n) is 7.11. The van der Waals surface area contributed by atoms with Crippen LogP contribution in [0.5, 0.6) is 23.1 Å². The quantitative estimate of drug-likeness (QED) is 0.436. The molecule has 0 aliphatic carbocycles. The minimum Gasteiger partial charge on any atom is -0.493 e. The fraction of sp³-hybridized carbons (Fsp3) is 0.167. The van der Waals surface area contributed by atoms with E-state index in [0.29, 0.717) is 34.6 Å². The fourth-order valence-corrected chi connectivity index (χ4v) is 3.05. The Hall–Kier alpha value is -4.40. The van der Waals surface area contributed by atoms with Gasteiger partial charge in [0.1, 0.15) is 24.2 Å². The van der Waals surface area contributed by atoms with Crippen molar-refractivity contribution in [2.75, 3.05) is 19.0 Å². The molecule has 0 saturated carbocycles. The van der Waals surface area contributed by atoms with E-state index in [1.54, 1.807) is 55.9 Å². The monoisotopic (exact) mass is 445 g/mol. The lowest BCUT2D eigenvalue weighted by Gasteiger charge is -2.11. The standard InChI is InChI=1S/C24H23N5O4/c1-16-17(2)29(15-27-16)22-12-24(26-14-25-22)33-19-10-8-18(9-11-19)28-23(30)13-32-21-7-5-4-6-20(21)31-3/h4-12,14-15H,13H2,1-3H3,(H,28,30). The molecule has 2 heterocycles. The number of aromatic nitrogens is 4. The van der Waals surface area contributed by atoms with Crippen molar-refractivity contribution in [2.45, 2.75) is 13.8 Å². The van der Waals surface area contributed by atoms with Gasteiger partial charge in [0, 0.05) is 17.4 Å². The summed E-state index contributed by atoms with van der Waals surface area (Å²) in [5, 5.41) is 2.78. The lowest BCUT2D eigenvalue weighted by molar-refractivity contribution is -0.118. The van der Waals surface area contributed by atoms with E-state index < -0.39 is 0 Å². The lowest BCUT2D eigenvalue weighted by atomic mass is 10.3. The minimum atomic E-state index is -0.291. The molecule has 33 heavy (non-hydrogen) atoms. The van der Waals surface area contributed by atoms with Crippen molar-refractivity contribution in [2.24, 2.45) is 0 Å². The van der Waals surface area contributed by atoms with Crippen LogP contribution in [-0.4, -0.2) is 39.1 Å². The zero-order chi connectivity index (χ0) is 23.2. The maximum atomic E-state index is 12.2. The number of para-hydroxylation sites is 2. The Labute approximate surface area is 191 Å². The summed E-state index contributed by atoms with van der Waals surface area (Å²) in [5.74, 6) is 2.41. The summed E-state index contributed by atoms with van der Waals surface area (Å²) >= 11 is 0. The van der Waals surface area contributed by atoms with Gasteiger partial charge in [-0.25, -0.2) is 15.0 Å². The molecule has 4 aromatic rings. The first-order valence-electron chi connectivity index (χ1n) is 10.2.